The Kier molecular flexibility index (Phi) is 5.34. The van der Waals surface area contributed by atoms with E-state index in [1.165, 1.54) is 19.2 Å². The lowest BCUT2D eigenvalue weighted by molar-refractivity contribution is 0.0620. The molecule has 150 valence electrons. The van der Waals surface area contributed by atoms with Gasteiger partial charge >= 0.3 is 0 Å². The smallest absolute Gasteiger partial charge is 0.253 e. The number of fused-ring (bicyclic) bond motifs is 1. The van der Waals surface area contributed by atoms with Gasteiger partial charge in [-0.1, -0.05) is 29.8 Å². The molecule has 0 aliphatic carbocycles. The van der Waals surface area contributed by atoms with Crippen molar-refractivity contribution < 1.29 is 17.9 Å². The Morgan fingerprint density at radius 2 is 1.93 bits per heavy atom. The van der Waals surface area contributed by atoms with Gasteiger partial charge in [0.2, 0.25) is 10.0 Å². The maximum absolute atomic E-state index is 13.0. The fourth-order valence-electron chi connectivity index (χ4n) is 3.24. The summed E-state index contributed by atoms with van der Waals surface area (Å²) in [6.07, 6.45) is 1.69. The zero-order valence-electron chi connectivity index (χ0n) is 16.2. The van der Waals surface area contributed by atoms with E-state index >= 15 is 0 Å². The van der Waals surface area contributed by atoms with Gasteiger partial charge in [-0.05, 0) is 38.1 Å². The van der Waals surface area contributed by atoms with Gasteiger partial charge < -0.3 is 10.1 Å². The Labute approximate surface area is 170 Å². The normalized spacial score (nSPS) is 18.0. The molecule has 0 spiro atoms. The van der Waals surface area contributed by atoms with E-state index in [0.29, 0.717) is 12.1 Å². The van der Waals surface area contributed by atoms with E-state index in [9.17, 15) is 13.2 Å². The molecule has 8 heteroatoms. The summed E-state index contributed by atoms with van der Waals surface area (Å²) in [5.74, 6) is 0.368. The zero-order valence-corrected chi connectivity index (χ0v) is 17.8. The van der Waals surface area contributed by atoms with Gasteiger partial charge in [0.05, 0.1) is 28.6 Å². The maximum Gasteiger partial charge on any atom is 0.253 e. The molecular formula is C20H23ClN2O4S. The van der Waals surface area contributed by atoms with Crippen LogP contribution in [0.15, 0.2) is 42.5 Å². The van der Waals surface area contributed by atoms with Crippen LogP contribution in [0.1, 0.15) is 42.2 Å². The van der Waals surface area contributed by atoms with Crippen LogP contribution < -0.4 is 14.4 Å². The molecule has 0 aromatic heterocycles. The van der Waals surface area contributed by atoms with Crippen LogP contribution in [0.3, 0.4) is 0 Å². The minimum Gasteiger partial charge on any atom is -0.487 e. The second kappa shape index (κ2) is 7.29. The molecule has 0 saturated heterocycles. The molecule has 2 aromatic carbocycles. The Hall–Kier alpha value is -2.25. The summed E-state index contributed by atoms with van der Waals surface area (Å²) < 4.78 is 30.7. The molecule has 1 unspecified atom stereocenters. The van der Waals surface area contributed by atoms with Crippen molar-refractivity contribution >= 4 is 33.2 Å². The molecule has 1 amide bonds. The molecule has 1 atom stereocenters. The Bertz CT molecular complexity index is 1020. The van der Waals surface area contributed by atoms with Crippen molar-refractivity contribution in [1.29, 1.82) is 0 Å². The molecule has 3 rings (SSSR count). The highest BCUT2D eigenvalue weighted by atomic mass is 35.5. The lowest BCUT2D eigenvalue weighted by Crippen LogP contribution is -2.41. The molecule has 0 bridgehead atoms. The largest absolute Gasteiger partial charge is 0.487 e. The summed E-state index contributed by atoms with van der Waals surface area (Å²) in [6, 6.07) is 11.9. The molecule has 1 N–H and O–H groups in total. The molecule has 0 saturated carbocycles. The highest BCUT2D eigenvalue weighted by Gasteiger charge is 2.34. The molecule has 1 heterocycles. The van der Waals surface area contributed by atoms with Crippen LogP contribution in [-0.4, -0.2) is 33.2 Å². The van der Waals surface area contributed by atoms with Crippen molar-refractivity contribution in [1.82, 2.24) is 5.32 Å². The lowest BCUT2D eigenvalue weighted by Gasteiger charge is -2.38. The molecule has 2 aromatic rings. The van der Waals surface area contributed by atoms with Crippen molar-refractivity contribution in [3.05, 3.63) is 58.6 Å². The monoisotopic (exact) mass is 422 g/mol. The van der Waals surface area contributed by atoms with Gasteiger partial charge in [-0.15, -0.1) is 0 Å². The van der Waals surface area contributed by atoms with Gasteiger partial charge in [-0.3, -0.25) is 9.10 Å². The fraction of sp³-hybridized carbons (Fsp3) is 0.350. The third kappa shape index (κ3) is 4.25. The van der Waals surface area contributed by atoms with Crippen LogP contribution in [0.5, 0.6) is 5.75 Å². The van der Waals surface area contributed by atoms with Crippen LogP contribution in [0.25, 0.3) is 0 Å². The SMILES string of the molecule is CN(c1ccc(Cl)c(C(=O)NC2CC(C)(C)Oc3ccccc32)c1)S(C)(=O)=O. The highest BCUT2D eigenvalue weighted by molar-refractivity contribution is 7.92. The van der Waals surface area contributed by atoms with Crippen LogP contribution in [-0.2, 0) is 10.0 Å². The van der Waals surface area contributed by atoms with E-state index in [0.717, 1.165) is 21.9 Å². The third-order valence-electron chi connectivity index (χ3n) is 4.74. The predicted octanol–water partition coefficient (Wildman–Crippen LogP) is 3.77. The van der Waals surface area contributed by atoms with Crippen molar-refractivity contribution in [3.63, 3.8) is 0 Å². The number of carbonyl (C=O) groups excluding carboxylic acids is 1. The third-order valence-corrected chi connectivity index (χ3v) is 6.27. The van der Waals surface area contributed by atoms with Crippen LogP contribution in [0.4, 0.5) is 5.69 Å². The first kappa shape index (κ1) is 20.5. The lowest BCUT2D eigenvalue weighted by atomic mass is 9.89. The standard InChI is InChI=1S/C20H23ClN2O4S/c1-20(2)12-17(14-7-5-6-8-18(14)27-20)22-19(24)15-11-13(9-10-16(15)21)23(3)28(4,25)26/h5-11,17H,12H2,1-4H3,(H,22,24). The second-order valence-electron chi connectivity index (χ2n) is 7.52. The molecule has 1 aliphatic rings. The number of amides is 1. The first-order valence-corrected chi connectivity index (χ1v) is 11.0. The van der Waals surface area contributed by atoms with Gasteiger partial charge in [0.25, 0.3) is 5.91 Å². The molecule has 0 fully saturated rings. The van der Waals surface area contributed by atoms with Crippen LogP contribution in [0, 0.1) is 0 Å². The average molecular weight is 423 g/mol. The first-order chi connectivity index (χ1) is 13.0. The topological polar surface area (TPSA) is 75.7 Å². The number of halogens is 1. The minimum atomic E-state index is -3.45. The zero-order chi connectivity index (χ0) is 20.7. The van der Waals surface area contributed by atoms with E-state index in [2.05, 4.69) is 5.32 Å². The maximum atomic E-state index is 13.0. The number of anilines is 1. The van der Waals surface area contributed by atoms with Gasteiger partial charge in [0.15, 0.2) is 0 Å². The van der Waals surface area contributed by atoms with Gasteiger partial charge in [0.1, 0.15) is 11.4 Å². The Morgan fingerprint density at radius 3 is 2.61 bits per heavy atom. The molecule has 0 radical (unpaired) electrons. The number of carbonyl (C=O) groups is 1. The fourth-order valence-corrected chi connectivity index (χ4v) is 3.94. The molecule has 6 nitrogen and oxygen atoms in total. The van der Waals surface area contributed by atoms with E-state index in [1.54, 1.807) is 6.07 Å². The van der Waals surface area contributed by atoms with Crippen molar-refractivity contribution in [2.24, 2.45) is 0 Å². The Morgan fingerprint density at radius 1 is 1.25 bits per heavy atom. The quantitative estimate of drug-likeness (QED) is 0.813. The number of nitrogens with one attached hydrogen (secondary N) is 1. The number of hydrogen-bond acceptors (Lipinski definition) is 4. The summed E-state index contributed by atoms with van der Waals surface area (Å²) in [5, 5.41) is 3.27. The van der Waals surface area contributed by atoms with E-state index < -0.39 is 15.6 Å². The summed E-state index contributed by atoms with van der Waals surface area (Å²) >= 11 is 6.23. The number of nitrogens with zero attached hydrogens (tertiary/aromatic N) is 1. The van der Waals surface area contributed by atoms with E-state index in [4.69, 9.17) is 16.3 Å². The second-order valence-corrected chi connectivity index (χ2v) is 9.95. The van der Waals surface area contributed by atoms with Gasteiger partial charge in [-0.25, -0.2) is 8.42 Å². The summed E-state index contributed by atoms with van der Waals surface area (Å²) in [5.41, 5.74) is 1.05. The van der Waals surface area contributed by atoms with Crippen LogP contribution >= 0.6 is 11.6 Å². The van der Waals surface area contributed by atoms with Gasteiger partial charge in [-0.2, -0.15) is 0 Å². The van der Waals surface area contributed by atoms with Crippen molar-refractivity contribution in [3.8, 4) is 5.75 Å². The van der Waals surface area contributed by atoms with E-state index in [-0.39, 0.29) is 22.5 Å². The number of ether oxygens (including phenoxy) is 1. The summed E-state index contributed by atoms with van der Waals surface area (Å²) in [4.78, 5) is 13.0. The van der Waals surface area contributed by atoms with Crippen molar-refractivity contribution in [2.45, 2.75) is 31.9 Å². The highest BCUT2D eigenvalue weighted by Crippen LogP contribution is 2.39. The predicted molar refractivity (Wildman–Crippen MR) is 111 cm³/mol. The molecule has 1 aliphatic heterocycles. The molecular weight excluding hydrogens is 400 g/mol. The number of sulfonamides is 1. The number of benzene rings is 2. The number of rotatable bonds is 4. The number of para-hydroxylation sites is 1. The summed E-state index contributed by atoms with van der Waals surface area (Å²) in [6.45, 7) is 3.94. The van der Waals surface area contributed by atoms with Crippen LogP contribution in [0.2, 0.25) is 5.02 Å². The van der Waals surface area contributed by atoms with Crippen molar-refractivity contribution in [2.75, 3.05) is 17.6 Å². The average Bonchev–Trinajstić information content (AvgIpc) is 2.59. The van der Waals surface area contributed by atoms with Gasteiger partial charge in [0, 0.05) is 19.0 Å². The summed E-state index contributed by atoms with van der Waals surface area (Å²) in [7, 11) is -2.02. The van der Waals surface area contributed by atoms with E-state index in [1.807, 2.05) is 38.1 Å². The Balaban J connectivity index is 1.91. The first-order valence-electron chi connectivity index (χ1n) is 8.80. The number of hydrogen-bond donors (Lipinski definition) is 1. The minimum absolute atomic E-state index is 0.219. The molecule has 28 heavy (non-hydrogen) atoms.